The number of hydrogen-bond acceptors (Lipinski definition) is 4. The molecule has 4 nitrogen and oxygen atoms in total. The Morgan fingerprint density at radius 3 is 1.68 bits per heavy atom. The topological polar surface area (TPSA) is 55.2 Å². The van der Waals surface area contributed by atoms with Crippen LogP contribution in [-0.2, 0) is 0 Å². The van der Waals surface area contributed by atoms with Crippen molar-refractivity contribution in [1.82, 2.24) is 9.97 Å². The van der Waals surface area contributed by atoms with Gasteiger partial charge in [-0.15, -0.1) is 0 Å². The molecule has 0 spiro atoms. The van der Waals surface area contributed by atoms with Crippen LogP contribution in [0.5, 0.6) is 17.2 Å². The minimum absolute atomic E-state index is 0. The minimum Gasteiger partial charge on any atom is -0.508 e. The summed E-state index contributed by atoms with van der Waals surface area (Å²) in [6.07, 6.45) is 3.53. The van der Waals surface area contributed by atoms with E-state index in [1.165, 1.54) is 11.1 Å². The fourth-order valence-electron chi connectivity index (χ4n) is 3.46. The monoisotopic (exact) mass is 566 g/mol. The van der Waals surface area contributed by atoms with Crippen molar-refractivity contribution in [3.63, 3.8) is 0 Å². The first-order chi connectivity index (χ1) is 18.0. The number of hydrogen-bond donors (Lipinski definition) is 1. The number of phenolic OH excluding ortho intramolecular Hbond substituents is 1. The van der Waals surface area contributed by atoms with Crippen molar-refractivity contribution in [2.75, 3.05) is 0 Å². The lowest BCUT2D eigenvalue weighted by Gasteiger charge is -2.06. The van der Waals surface area contributed by atoms with Gasteiger partial charge in [-0.2, -0.15) is 0 Å². The van der Waals surface area contributed by atoms with Gasteiger partial charge >= 0.3 is 0 Å². The van der Waals surface area contributed by atoms with Crippen LogP contribution in [0.25, 0.3) is 21.8 Å². The Bertz CT molecular complexity index is 1560. The van der Waals surface area contributed by atoms with E-state index in [-0.39, 0.29) is 13.2 Å². The SMILES string of the molecule is C.Cc1ccc(Br)cc1.Cc1ccc(Oc2ccc3ncccc3c2)cc1.Oc1ccc2ncccc2c1. The van der Waals surface area contributed by atoms with Gasteiger partial charge in [0, 0.05) is 27.6 Å². The van der Waals surface area contributed by atoms with Gasteiger partial charge in [0.25, 0.3) is 0 Å². The molecule has 4 aromatic carbocycles. The average Bonchev–Trinajstić information content (AvgIpc) is 2.92. The van der Waals surface area contributed by atoms with Crippen molar-refractivity contribution in [2.45, 2.75) is 21.3 Å². The second-order valence-corrected chi connectivity index (χ2v) is 9.36. The quantitative estimate of drug-likeness (QED) is 0.226. The molecule has 192 valence electrons. The lowest BCUT2D eigenvalue weighted by molar-refractivity contribution is 0.476. The van der Waals surface area contributed by atoms with E-state index in [2.05, 4.69) is 51.9 Å². The zero-order valence-electron chi connectivity index (χ0n) is 20.7. The number of fused-ring (bicyclic) bond motifs is 2. The number of aryl methyl sites for hydroxylation is 2. The van der Waals surface area contributed by atoms with Crippen LogP contribution in [0.2, 0.25) is 0 Å². The first-order valence-corrected chi connectivity index (χ1v) is 12.6. The fourth-order valence-corrected chi connectivity index (χ4v) is 3.72. The minimum atomic E-state index is 0. The molecule has 2 aromatic heterocycles. The largest absolute Gasteiger partial charge is 0.508 e. The van der Waals surface area contributed by atoms with Gasteiger partial charge in [-0.1, -0.05) is 70.9 Å². The summed E-state index contributed by atoms with van der Waals surface area (Å²) in [5, 5.41) is 11.2. The smallest absolute Gasteiger partial charge is 0.128 e. The maximum Gasteiger partial charge on any atom is 0.128 e. The molecule has 6 rings (SSSR count). The summed E-state index contributed by atoms with van der Waals surface area (Å²) in [6, 6.07) is 35.0. The Hall–Kier alpha value is -4.22. The van der Waals surface area contributed by atoms with Crippen LogP contribution in [0, 0.1) is 13.8 Å². The highest BCUT2D eigenvalue weighted by atomic mass is 79.9. The van der Waals surface area contributed by atoms with Gasteiger partial charge in [-0.3, -0.25) is 9.97 Å². The number of pyridine rings is 2. The van der Waals surface area contributed by atoms with Crippen LogP contribution in [-0.4, -0.2) is 15.1 Å². The molecule has 38 heavy (non-hydrogen) atoms. The molecule has 0 amide bonds. The Balaban J connectivity index is 0.000000171. The van der Waals surface area contributed by atoms with Crippen molar-refractivity contribution in [3.05, 3.63) is 137 Å². The molecule has 0 saturated carbocycles. The highest BCUT2D eigenvalue weighted by molar-refractivity contribution is 9.10. The van der Waals surface area contributed by atoms with Gasteiger partial charge < -0.3 is 9.84 Å². The van der Waals surface area contributed by atoms with E-state index in [4.69, 9.17) is 9.84 Å². The number of aromatic hydroxyl groups is 1. The summed E-state index contributed by atoms with van der Waals surface area (Å²) in [6.45, 7) is 4.14. The first-order valence-electron chi connectivity index (χ1n) is 11.8. The summed E-state index contributed by atoms with van der Waals surface area (Å²) >= 11 is 3.35. The molecule has 0 saturated heterocycles. The average molecular weight is 568 g/mol. The van der Waals surface area contributed by atoms with E-state index in [0.29, 0.717) is 0 Å². The lowest BCUT2D eigenvalue weighted by atomic mass is 10.2. The van der Waals surface area contributed by atoms with E-state index < -0.39 is 0 Å². The number of rotatable bonds is 2. The molecule has 0 unspecified atom stereocenters. The molecule has 0 fully saturated rings. The zero-order valence-corrected chi connectivity index (χ0v) is 22.3. The summed E-state index contributed by atoms with van der Waals surface area (Å²) < 4.78 is 6.96. The highest BCUT2D eigenvalue weighted by Gasteiger charge is 1.99. The first kappa shape index (κ1) is 28.4. The molecular formula is C33H31BrN2O2. The predicted molar refractivity (Wildman–Crippen MR) is 162 cm³/mol. The summed E-state index contributed by atoms with van der Waals surface area (Å²) in [4.78, 5) is 8.40. The second-order valence-electron chi connectivity index (χ2n) is 8.45. The Morgan fingerprint density at radius 2 is 1.11 bits per heavy atom. The van der Waals surface area contributed by atoms with Gasteiger partial charge in [0.2, 0.25) is 0 Å². The summed E-state index contributed by atoms with van der Waals surface area (Å²) in [5.74, 6) is 1.97. The second kappa shape index (κ2) is 13.9. The van der Waals surface area contributed by atoms with E-state index in [0.717, 1.165) is 37.8 Å². The molecule has 2 heterocycles. The summed E-state index contributed by atoms with van der Waals surface area (Å²) in [5.41, 5.74) is 4.41. The highest BCUT2D eigenvalue weighted by Crippen LogP contribution is 2.25. The molecule has 0 aliphatic rings. The Morgan fingerprint density at radius 1 is 0.605 bits per heavy atom. The van der Waals surface area contributed by atoms with Crippen LogP contribution in [0.1, 0.15) is 18.6 Å². The van der Waals surface area contributed by atoms with Crippen molar-refractivity contribution < 1.29 is 9.84 Å². The molecule has 5 heteroatoms. The number of ether oxygens (including phenoxy) is 1. The molecule has 0 aliphatic heterocycles. The molecule has 0 bridgehead atoms. The van der Waals surface area contributed by atoms with Crippen molar-refractivity contribution in [1.29, 1.82) is 0 Å². The Labute approximate surface area is 232 Å². The van der Waals surface area contributed by atoms with Crippen LogP contribution >= 0.6 is 15.9 Å². The third kappa shape index (κ3) is 8.43. The van der Waals surface area contributed by atoms with Crippen molar-refractivity contribution in [2.24, 2.45) is 0 Å². The molecular weight excluding hydrogens is 536 g/mol. The third-order valence-electron chi connectivity index (χ3n) is 5.43. The number of nitrogens with zero attached hydrogens (tertiary/aromatic N) is 2. The van der Waals surface area contributed by atoms with Crippen LogP contribution in [0.15, 0.2) is 126 Å². The molecule has 6 aromatic rings. The lowest BCUT2D eigenvalue weighted by Crippen LogP contribution is -1.85. The fraction of sp³-hybridized carbons (Fsp3) is 0.0909. The molecule has 0 radical (unpaired) electrons. The van der Waals surface area contributed by atoms with Gasteiger partial charge in [-0.25, -0.2) is 0 Å². The van der Waals surface area contributed by atoms with Crippen LogP contribution in [0.4, 0.5) is 0 Å². The normalized spacial score (nSPS) is 9.87. The standard InChI is InChI=1S/C16H13NO.C9H7NO.C7H7Br.CH4/c1-12-4-6-14(7-5-12)18-15-8-9-16-13(11-15)3-2-10-17-16;11-8-3-4-9-7(6-8)2-1-5-10-9;1-6-2-4-7(8)5-3-6;/h2-11H,1H3;1-6,11H;2-5H,1H3;1H4. The van der Waals surface area contributed by atoms with Gasteiger partial charge in [-0.05, 0) is 86.6 Å². The Kier molecular flexibility index (Phi) is 10.4. The van der Waals surface area contributed by atoms with Crippen molar-refractivity contribution in [3.8, 4) is 17.2 Å². The van der Waals surface area contributed by atoms with E-state index in [1.807, 2.05) is 78.9 Å². The van der Waals surface area contributed by atoms with E-state index in [1.54, 1.807) is 30.6 Å². The molecule has 0 aliphatic carbocycles. The number of halogens is 1. The third-order valence-corrected chi connectivity index (χ3v) is 5.96. The summed E-state index contributed by atoms with van der Waals surface area (Å²) in [7, 11) is 0. The van der Waals surface area contributed by atoms with Crippen molar-refractivity contribution >= 4 is 37.7 Å². The van der Waals surface area contributed by atoms with Gasteiger partial charge in [0.05, 0.1) is 11.0 Å². The molecule has 1 N–H and O–H groups in total. The van der Waals surface area contributed by atoms with Gasteiger partial charge in [0.15, 0.2) is 0 Å². The van der Waals surface area contributed by atoms with E-state index >= 15 is 0 Å². The molecule has 0 atom stereocenters. The predicted octanol–water partition coefficient (Wildman–Crippen LogP) is 9.67. The maximum absolute atomic E-state index is 9.10. The van der Waals surface area contributed by atoms with Gasteiger partial charge in [0.1, 0.15) is 17.2 Å². The number of benzene rings is 4. The zero-order chi connectivity index (χ0) is 26.0. The maximum atomic E-state index is 9.10. The van der Waals surface area contributed by atoms with E-state index in [9.17, 15) is 0 Å². The van der Waals surface area contributed by atoms with Crippen LogP contribution < -0.4 is 4.74 Å². The number of aromatic nitrogens is 2. The number of phenols is 1. The van der Waals surface area contributed by atoms with Crippen LogP contribution in [0.3, 0.4) is 0 Å².